The van der Waals surface area contributed by atoms with Gasteiger partial charge in [-0.2, -0.15) is 0 Å². The van der Waals surface area contributed by atoms with Gasteiger partial charge in [-0.3, -0.25) is 0 Å². The lowest BCUT2D eigenvalue weighted by molar-refractivity contribution is 0.580. The molecule has 0 saturated carbocycles. The molecule has 1 aromatic carbocycles. The number of hydrogen-bond acceptors (Lipinski definition) is 5. The molecule has 0 aliphatic carbocycles. The van der Waals surface area contributed by atoms with Crippen molar-refractivity contribution < 1.29 is 4.42 Å². The van der Waals surface area contributed by atoms with Crippen LogP contribution in [-0.2, 0) is 6.42 Å². The zero-order chi connectivity index (χ0) is 15.6. The van der Waals surface area contributed by atoms with E-state index in [1.165, 1.54) is 0 Å². The Labute approximate surface area is 137 Å². The maximum absolute atomic E-state index is 5.72. The molecule has 0 atom stereocenters. The summed E-state index contributed by atoms with van der Waals surface area (Å²) in [5.74, 6) is 0.792. The molecule has 6 heteroatoms. The summed E-state index contributed by atoms with van der Waals surface area (Å²) in [6.45, 7) is 0. The summed E-state index contributed by atoms with van der Waals surface area (Å²) in [5.41, 5.74) is 9.35. The fraction of sp³-hybridized carbons (Fsp3) is 0.0588. The minimum atomic E-state index is 0.702. The highest BCUT2D eigenvalue weighted by molar-refractivity contribution is 7.10. The van der Waals surface area contributed by atoms with E-state index in [0.29, 0.717) is 6.42 Å². The average Bonchev–Trinajstić information content (AvgIpc) is 3.29. The third kappa shape index (κ3) is 2.89. The van der Waals surface area contributed by atoms with E-state index >= 15 is 0 Å². The zero-order valence-corrected chi connectivity index (χ0v) is 13.0. The fourth-order valence-corrected chi connectivity index (χ4v) is 3.13. The van der Waals surface area contributed by atoms with Crippen LogP contribution in [0.3, 0.4) is 0 Å². The Morgan fingerprint density at radius 3 is 2.83 bits per heavy atom. The third-order valence-electron chi connectivity index (χ3n) is 3.49. The van der Waals surface area contributed by atoms with Crippen molar-refractivity contribution in [1.82, 2.24) is 14.5 Å². The van der Waals surface area contributed by atoms with Gasteiger partial charge in [0.15, 0.2) is 5.76 Å². The standard InChI is InChI=1S/C17H14N4OS/c18-12-3-5-14(6-4-12)21-9-13(19-11-21)8-17-20-15(10-23-17)16-2-1-7-22-16/h1-7,9-11H,8,18H2. The third-order valence-corrected chi connectivity index (χ3v) is 4.33. The molecule has 0 aliphatic rings. The molecule has 4 rings (SSSR count). The monoisotopic (exact) mass is 322 g/mol. The van der Waals surface area contributed by atoms with E-state index in [1.807, 2.05) is 58.9 Å². The molecule has 4 aromatic rings. The van der Waals surface area contributed by atoms with Crippen LogP contribution in [0.2, 0.25) is 0 Å². The van der Waals surface area contributed by atoms with Gasteiger partial charge in [0.2, 0.25) is 0 Å². The summed E-state index contributed by atoms with van der Waals surface area (Å²) >= 11 is 1.61. The highest BCUT2D eigenvalue weighted by Gasteiger charge is 2.09. The fourth-order valence-electron chi connectivity index (χ4n) is 2.33. The Balaban J connectivity index is 1.53. The molecule has 0 aliphatic heterocycles. The van der Waals surface area contributed by atoms with Gasteiger partial charge in [0.25, 0.3) is 0 Å². The molecule has 0 saturated heterocycles. The van der Waals surface area contributed by atoms with Crippen LogP contribution in [0.5, 0.6) is 0 Å². The molecule has 0 amide bonds. The molecule has 0 bridgehead atoms. The Morgan fingerprint density at radius 2 is 2.04 bits per heavy atom. The first kappa shape index (κ1) is 13.8. The van der Waals surface area contributed by atoms with Crippen LogP contribution in [0, 0.1) is 0 Å². The largest absolute Gasteiger partial charge is 0.463 e. The van der Waals surface area contributed by atoms with Crippen LogP contribution in [0.25, 0.3) is 17.1 Å². The number of hydrogen-bond donors (Lipinski definition) is 1. The summed E-state index contributed by atoms with van der Waals surface area (Å²) in [5, 5.41) is 3.02. The molecule has 3 aromatic heterocycles. The first-order chi connectivity index (χ1) is 11.3. The van der Waals surface area contributed by atoms with Crippen LogP contribution < -0.4 is 5.73 Å². The Hall–Kier alpha value is -2.86. The summed E-state index contributed by atoms with van der Waals surface area (Å²) in [4.78, 5) is 9.06. The maximum atomic E-state index is 5.72. The topological polar surface area (TPSA) is 69.9 Å². The van der Waals surface area contributed by atoms with Gasteiger partial charge in [-0.1, -0.05) is 0 Å². The van der Waals surface area contributed by atoms with Crippen molar-refractivity contribution in [3.8, 4) is 17.1 Å². The SMILES string of the molecule is Nc1ccc(-n2cnc(Cc3nc(-c4ccco4)cs3)c2)cc1. The molecular formula is C17H14N4OS. The lowest BCUT2D eigenvalue weighted by atomic mass is 10.3. The summed E-state index contributed by atoms with van der Waals surface area (Å²) in [7, 11) is 0. The highest BCUT2D eigenvalue weighted by atomic mass is 32.1. The van der Waals surface area contributed by atoms with Crippen molar-refractivity contribution in [1.29, 1.82) is 0 Å². The minimum absolute atomic E-state index is 0.702. The van der Waals surface area contributed by atoms with E-state index in [0.717, 1.165) is 33.5 Å². The normalized spacial score (nSPS) is 11.0. The van der Waals surface area contributed by atoms with Crippen molar-refractivity contribution in [3.63, 3.8) is 0 Å². The van der Waals surface area contributed by atoms with E-state index in [2.05, 4.69) is 9.97 Å². The first-order valence-corrected chi connectivity index (χ1v) is 8.03. The predicted octanol–water partition coefficient (Wildman–Crippen LogP) is 3.76. The number of benzene rings is 1. The smallest absolute Gasteiger partial charge is 0.153 e. The van der Waals surface area contributed by atoms with Crippen LogP contribution in [0.1, 0.15) is 10.7 Å². The zero-order valence-electron chi connectivity index (χ0n) is 12.2. The molecule has 2 N–H and O–H groups in total. The Kier molecular flexibility index (Phi) is 3.44. The molecular weight excluding hydrogens is 308 g/mol. The number of anilines is 1. The van der Waals surface area contributed by atoms with Crippen molar-refractivity contribution in [2.24, 2.45) is 0 Å². The van der Waals surface area contributed by atoms with Gasteiger partial charge in [-0.05, 0) is 36.4 Å². The van der Waals surface area contributed by atoms with Crippen molar-refractivity contribution in [3.05, 3.63) is 71.3 Å². The highest BCUT2D eigenvalue weighted by Crippen LogP contribution is 2.23. The van der Waals surface area contributed by atoms with Gasteiger partial charge in [0.05, 0.1) is 23.3 Å². The van der Waals surface area contributed by atoms with Gasteiger partial charge in [-0.15, -0.1) is 11.3 Å². The molecule has 5 nitrogen and oxygen atoms in total. The number of nitrogens with two attached hydrogens (primary N) is 1. The summed E-state index contributed by atoms with van der Waals surface area (Å²) in [6.07, 6.45) is 6.18. The molecule has 3 heterocycles. The molecule has 0 radical (unpaired) electrons. The Bertz CT molecular complexity index is 906. The molecule has 0 fully saturated rings. The van der Waals surface area contributed by atoms with E-state index in [1.54, 1.807) is 17.6 Å². The number of furan rings is 1. The van der Waals surface area contributed by atoms with E-state index in [-0.39, 0.29) is 0 Å². The second-order valence-electron chi connectivity index (χ2n) is 5.14. The van der Waals surface area contributed by atoms with Crippen LogP contribution >= 0.6 is 11.3 Å². The maximum Gasteiger partial charge on any atom is 0.153 e. The summed E-state index contributed by atoms with van der Waals surface area (Å²) < 4.78 is 7.35. The molecule has 114 valence electrons. The second kappa shape index (κ2) is 5.73. The number of nitrogens with zero attached hydrogens (tertiary/aromatic N) is 3. The van der Waals surface area contributed by atoms with Crippen LogP contribution in [0.4, 0.5) is 5.69 Å². The van der Waals surface area contributed by atoms with Gasteiger partial charge < -0.3 is 14.7 Å². The van der Waals surface area contributed by atoms with Crippen LogP contribution in [0.15, 0.2) is 65.0 Å². The molecule has 23 heavy (non-hydrogen) atoms. The lowest BCUT2D eigenvalue weighted by Gasteiger charge is -2.01. The number of rotatable bonds is 4. The van der Waals surface area contributed by atoms with Gasteiger partial charge in [0, 0.05) is 29.4 Å². The van der Waals surface area contributed by atoms with Gasteiger partial charge in [0.1, 0.15) is 5.69 Å². The summed E-state index contributed by atoms with van der Waals surface area (Å²) in [6, 6.07) is 11.5. The van der Waals surface area contributed by atoms with Crippen LogP contribution in [-0.4, -0.2) is 14.5 Å². The van der Waals surface area contributed by atoms with Crippen molar-refractivity contribution >= 4 is 17.0 Å². The van der Waals surface area contributed by atoms with Gasteiger partial charge >= 0.3 is 0 Å². The Morgan fingerprint density at radius 1 is 1.17 bits per heavy atom. The molecule has 0 spiro atoms. The predicted molar refractivity (Wildman–Crippen MR) is 90.6 cm³/mol. The van der Waals surface area contributed by atoms with E-state index in [4.69, 9.17) is 10.2 Å². The minimum Gasteiger partial charge on any atom is -0.463 e. The number of aromatic nitrogens is 3. The quantitative estimate of drug-likeness (QED) is 0.581. The molecule has 0 unspecified atom stereocenters. The number of nitrogen functional groups attached to an aromatic ring is 1. The second-order valence-corrected chi connectivity index (χ2v) is 6.09. The average molecular weight is 322 g/mol. The van der Waals surface area contributed by atoms with E-state index < -0.39 is 0 Å². The van der Waals surface area contributed by atoms with Crippen molar-refractivity contribution in [2.45, 2.75) is 6.42 Å². The first-order valence-electron chi connectivity index (χ1n) is 7.15. The van der Waals surface area contributed by atoms with Gasteiger partial charge in [-0.25, -0.2) is 9.97 Å². The van der Waals surface area contributed by atoms with Crippen molar-refractivity contribution in [2.75, 3.05) is 5.73 Å². The van der Waals surface area contributed by atoms with E-state index in [9.17, 15) is 0 Å². The number of thiazole rings is 1. The number of imidazole rings is 1. The lowest BCUT2D eigenvalue weighted by Crippen LogP contribution is -1.91.